The summed E-state index contributed by atoms with van der Waals surface area (Å²) in [6, 6.07) is 16.6. The van der Waals surface area contributed by atoms with Crippen LogP contribution in [0.1, 0.15) is 61.2 Å². The number of imidazole rings is 1. The third-order valence-electron chi connectivity index (χ3n) is 6.36. The molecule has 2 heterocycles. The second kappa shape index (κ2) is 10.6. The Balaban J connectivity index is 1.52. The predicted molar refractivity (Wildman–Crippen MR) is 129 cm³/mol. The van der Waals surface area contributed by atoms with E-state index >= 15 is 0 Å². The Bertz CT molecular complexity index is 1080. The molecule has 2 N–H and O–H groups in total. The Morgan fingerprint density at radius 1 is 1.09 bits per heavy atom. The number of halogens is 1. The number of carbonyl (C=O) groups excluding carboxylic acids is 2. The average molecular weight is 463 g/mol. The molecule has 6 nitrogen and oxygen atoms in total. The van der Waals surface area contributed by atoms with Gasteiger partial charge in [-0.15, -0.1) is 0 Å². The van der Waals surface area contributed by atoms with E-state index in [0.29, 0.717) is 18.2 Å². The van der Waals surface area contributed by atoms with E-state index in [-0.39, 0.29) is 31.2 Å². The summed E-state index contributed by atoms with van der Waals surface area (Å²) in [4.78, 5) is 34.7. The van der Waals surface area contributed by atoms with Crippen LogP contribution in [-0.4, -0.2) is 45.4 Å². The van der Waals surface area contributed by atoms with Gasteiger partial charge in [0.15, 0.2) is 0 Å². The highest BCUT2D eigenvalue weighted by atomic mass is 19.1. The van der Waals surface area contributed by atoms with Gasteiger partial charge < -0.3 is 15.2 Å². The maximum atomic E-state index is 14.4. The maximum absolute atomic E-state index is 14.4. The van der Waals surface area contributed by atoms with Crippen molar-refractivity contribution in [2.45, 2.75) is 57.3 Å². The van der Waals surface area contributed by atoms with Crippen LogP contribution in [0, 0.1) is 0 Å². The van der Waals surface area contributed by atoms with Crippen LogP contribution < -0.4 is 5.32 Å². The largest absolute Gasteiger partial charge is 0.349 e. The smallest absolute Gasteiger partial charge is 0.243 e. The monoisotopic (exact) mass is 462 g/mol. The average Bonchev–Trinajstić information content (AvgIpc) is 3.51. The maximum Gasteiger partial charge on any atom is 0.243 e. The van der Waals surface area contributed by atoms with Crippen LogP contribution in [0.3, 0.4) is 0 Å². The normalized spacial score (nSPS) is 18.8. The zero-order chi connectivity index (χ0) is 24.1. The molecule has 0 saturated carbocycles. The minimum Gasteiger partial charge on any atom is -0.349 e. The van der Waals surface area contributed by atoms with E-state index in [0.717, 1.165) is 11.1 Å². The predicted octanol–water partition coefficient (Wildman–Crippen LogP) is 4.31. The fourth-order valence-electron chi connectivity index (χ4n) is 4.43. The first-order valence-corrected chi connectivity index (χ1v) is 11.8. The molecule has 1 aromatic heterocycles. The number of aryl methyl sites for hydroxylation is 1. The summed E-state index contributed by atoms with van der Waals surface area (Å²) in [7, 11) is 0. The second-order valence-corrected chi connectivity index (χ2v) is 9.10. The summed E-state index contributed by atoms with van der Waals surface area (Å²) in [5.74, 6) is 0.515. The van der Waals surface area contributed by atoms with Gasteiger partial charge in [0.1, 0.15) is 18.0 Å². The molecular weight excluding hydrogens is 431 g/mol. The molecule has 0 bridgehead atoms. The molecule has 1 saturated heterocycles. The van der Waals surface area contributed by atoms with Crippen LogP contribution in [0.4, 0.5) is 4.39 Å². The second-order valence-electron chi connectivity index (χ2n) is 9.10. The van der Waals surface area contributed by atoms with Crippen molar-refractivity contribution in [3.8, 4) is 0 Å². The van der Waals surface area contributed by atoms with Crippen LogP contribution in [0.5, 0.6) is 0 Å². The number of nitrogens with zero attached hydrogens (tertiary/aromatic N) is 2. The zero-order valence-corrected chi connectivity index (χ0v) is 19.6. The van der Waals surface area contributed by atoms with Gasteiger partial charge in [-0.3, -0.25) is 9.59 Å². The number of hydrogen-bond donors (Lipinski definition) is 2. The van der Waals surface area contributed by atoms with Crippen molar-refractivity contribution in [1.82, 2.24) is 20.2 Å². The molecule has 1 aliphatic heterocycles. The number of H-pyrrole nitrogens is 1. The molecule has 0 radical (unpaired) electrons. The topological polar surface area (TPSA) is 78.1 Å². The Labute approximate surface area is 199 Å². The summed E-state index contributed by atoms with van der Waals surface area (Å²) >= 11 is 0. The van der Waals surface area contributed by atoms with E-state index in [1.165, 1.54) is 10.5 Å². The molecule has 0 spiro atoms. The number of likely N-dealkylation sites (tertiary alicyclic amines) is 1. The summed E-state index contributed by atoms with van der Waals surface area (Å²) in [6.07, 6.45) is 2.70. The quantitative estimate of drug-likeness (QED) is 0.524. The summed E-state index contributed by atoms with van der Waals surface area (Å²) < 4.78 is 14.4. The number of amides is 2. The van der Waals surface area contributed by atoms with Crippen molar-refractivity contribution in [3.63, 3.8) is 0 Å². The van der Waals surface area contributed by atoms with Crippen molar-refractivity contribution < 1.29 is 14.0 Å². The van der Waals surface area contributed by atoms with Crippen LogP contribution in [0.15, 0.2) is 67.0 Å². The van der Waals surface area contributed by atoms with Crippen molar-refractivity contribution in [2.24, 2.45) is 0 Å². The third kappa shape index (κ3) is 5.53. The van der Waals surface area contributed by atoms with Gasteiger partial charge in [0.2, 0.25) is 11.8 Å². The molecular formula is C27H31FN4O2. The van der Waals surface area contributed by atoms with Crippen LogP contribution in [0.25, 0.3) is 0 Å². The van der Waals surface area contributed by atoms with E-state index in [2.05, 4.69) is 41.3 Å². The SMILES string of the molecule is CC(C)c1ccc([C@@H](NC(=O)[C@@H]2C[C@@H](F)CN2C(=O)CCc2ncc[nH]2)c2ccccc2)cc1. The van der Waals surface area contributed by atoms with Gasteiger partial charge in [-0.1, -0.05) is 68.4 Å². The molecule has 0 unspecified atom stereocenters. The molecule has 3 atom stereocenters. The number of aromatic amines is 1. The minimum absolute atomic E-state index is 0.00607. The Kier molecular flexibility index (Phi) is 7.40. The van der Waals surface area contributed by atoms with Gasteiger partial charge in [0, 0.05) is 31.7 Å². The first-order chi connectivity index (χ1) is 16.4. The first-order valence-electron chi connectivity index (χ1n) is 11.8. The molecule has 4 rings (SSSR count). The van der Waals surface area contributed by atoms with Crippen molar-refractivity contribution in [1.29, 1.82) is 0 Å². The molecule has 2 aromatic carbocycles. The highest BCUT2D eigenvalue weighted by Gasteiger charge is 2.40. The lowest BCUT2D eigenvalue weighted by Gasteiger charge is -2.27. The van der Waals surface area contributed by atoms with E-state index in [4.69, 9.17) is 0 Å². The standard InChI is InChI=1S/C27H31FN4O2/c1-18(2)19-8-10-21(11-9-19)26(20-6-4-3-5-7-20)31-27(34)23-16-22(28)17-32(23)25(33)13-12-24-29-14-15-30-24/h3-11,14-15,18,22-23,26H,12-13,16-17H2,1-2H3,(H,29,30)(H,31,34)/t22-,23+,26+/m1/s1. The number of carbonyl (C=O) groups is 2. The number of nitrogens with one attached hydrogen (secondary N) is 2. The van der Waals surface area contributed by atoms with Crippen molar-refractivity contribution in [3.05, 3.63) is 89.5 Å². The first kappa shape index (κ1) is 23.7. The van der Waals surface area contributed by atoms with Crippen LogP contribution in [0.2, 0.25) is 0 Å². The molecule has 2 amide bonds. The van der Waals surface area contributed by atoms with Gasteiger partial charge in [-0.2, -0.15) is 0 Å². The Hall–Kier alpha value is -3.48. The third-order valence-corrected chi connectivity index (χ3v) is 6.36. The highest BCUT2D eigenvalue weighted by molar-refractivity contribution is 5.89. The number of benzene rings is 2. The molecule has 0 aliphatic carbocycles. The van der Waals surface area contributed by atoms with Crippen LogP contribution in [-0.2, 0) is 16.0 Å². The number of aromatic nitrogens is 2. The Morgan fingerprint density at radius 2 is 1.76 bits per heavy atom. The Morgan fingerprint density at radius 3 is 2.41 bits per heavy atom. The van der Waals surface area contributed by atoms with Crippen molar-refractivity contribution in [2.75, 3.05) is 6.54 Å². The van der Waals surface area contributed by atoms with Crippen molar-refractivity contribution >= 4 is 11.8 Å². The number of rotatable bonds is 8. The zero-order valence-electron chi connectivity index (χ0n) is 19.6. The summed E-state index contributed by atoms with van der Waals surface area (Å²) in [6.45, 7) is 4.21. The lowest BCUT2D eigenvalue weighted by molar-refractivity contribution is -0.138. The lowest BCUT2D eigenvalue weighted by atomic mass is 9.95. The fraction of sp³-hybridized carbons (Fsp3) is 0.370. The van der Waals surface area contributed by atoms with E-state index in [1.807, 2.05) is 42.5 Å². The van der Waals surface area contributed by atoms with Gasteiger partial charge in [0.05, 0.1) is 12.6 Å². The molecule has 7 heteroatoms. The van der Waals surface area contributed by atoms with E-state index < -0.39 is 18.3 Å². The minimum atomic E-state index is -1.22. The molecule has 1 fully saturated rings. The molecule has 1 aliphatic rings. The molecule has 178 valence electrons. The van der Waals surface area contributed by atoms with Crippen LogP contribution >= 0.6 is 0 Å². The highest BCUT2D eigenvalue weighted by Crippen LogP contribution is 2.27. The van der Waals surface area contributed by atoms with Gasteiger partial charge in [-0.05, 0) is 22.6 Å². The number of alkyl halides is 1. The number of hydrogen-bond acceptors (Lipinski definition) is 3. The summed E-state index contributed by atoms with van der Waals surface area (Å²) in [5.41, 5.74) is 3.08. The molecule has 34 heavy (non-hydrogen) atoms. The van der Waals surface area contributed by atoms with Gasteiger partial charge in [-0.25, -0.2) is 9.37 Å². The van der Waals surface area contributed by atoms with Gasteiger partial charge in [0.25, 0.3) is 0 Å². The van der Waals surface area contributed by atoms with E-state index in [1.54, 1.807) is 12.4 Å². The summed E-state index contributed by atoms with van der Waals surface area (Å²) in [5, 5.41) is 3.10. The molecule has 3 aromatic rings. The van der Waals surface area contributed by atoms with E-state index in [9.17, 15) is 14.0 Å². The van der Waals surface area contributed by atoms with Gasteiger partial charge >= 0.3 is 0 Å². The lowest BCUT2D eigenvalue weighted by Crippen LogP contribution is -2.47. The fourth-order valence-corrected chi connectivity index (χ4v) is 4.43.